The van der Waals surface area contributed by atoms with Crippen LogP contribution in [0, 0.1) is 11.6 Å². The molecule has 1 aromatic carbocycles. The minimum atomic E-state index is -1.04. The van der Waals surface area contributed by atoms with Gasteiger partial charge in [-0.3, -0.25) is 4.98 Å². The monoisotopic (exact) mass is 293 g/mol. The smallest absolute Gasteiger partial charge is 0.237 e. The van der Waals surface area contributed by atoms with Gasteiger partial charge in [0.1, 0.15) is 0 Å². The molecular formula is C15H17F2N3O. The van der Waals surface area contributed by atoms with Gasteiger partial charge in [0.05, 0.1) is 18.1 Å². The van der Waals surface area contributed by atoms with Gasteiger partial charge < -0.3 is 10.1 Å². The minimum Gasteiger partial charge on any atom is -0.434 e. The maximum absolute atomic E-state index is 13.5. The predicted molar refractivity (Wildman–Crippen MR) is 75.1 cm³/mol. The Balaban J connectivity index is 2.04. The van der Waals surface area contributed by atoms with Gasteiger partial charge in [-0.2, -0.15) is 4.39 Å². The number of ether oxygens (including phenoxy) is 1. The van der Waals surface area contributed by atoms with E-state index < -0.39 is 11.6 Å². The summed E-state index contributed by atoms with van der Waals surface area (Å²) < 4.78 is 31.7. The summed E-state index contributed by atoms with van der Waals surface area (Å²) in [6, 6.07) is 3.72. The Bertz CT molecular complexity index is 609. The summed E-state index contributed by atoms with van der Waals surface area (Å²) in [6.45, 7) is 6.70. The van der Waals surface area contributed by atoms with E-state index in [0.29, 0.717) is 6.54 Å². The molecular weight excluding hydrogens is 276 g/mol. The quantitative estimate of drug-likeness (QED) is 0.938. The topological polar surface area (TPSA) is 47.0 Å². The lowest BCUT2D eigenvalue weighted by Crippen LogP contribution is -2.35. The first-order valence-electron chi connectivity index (χ1n) is 6.53. The van der Waals surface area contributed by atoms with Gasteiger partial charge in [-0.05, 0) is 32.9 Å². The molecule has 112 valence electrons. The number of rotatable bonds is 4. The highest BCUT2D eigenvalue weighted by Gasteiger charge is 2.11. The molecule has 0 aliphatic rings. The van der Waals surface area contributed by atoms with E-state index in [9.17, 15) is 8.78 Å². The highest BCUT2D eigenvalue weighted by Crippen LogP contribution is 2.23. The maximum atomic E-state index is 13.5. The van der Waals surface area contributed by atoms with Crippen molar-refractivity contribution < 1.29 is 13.5 Å². The van der Waals surface area contributed by atoms with Crippen molar-refractivity contribution in [2.24, 2.45) is 0 Å². The fourth-order valence-corrected chi connectivity index (χ4v) is 1.52. The molecule has 21 heavy (non-hydrogen) atoms. The number of aromatic nitrogens is 2. The van der Waals surface area contributed by atoms with Crippen LogP contribution in [0.2, 0.25) is 0 Å². The fraction of sp³-hybridized carbons (Fsp3) is 0.333. The third kappa shape index (κ3) is 4.46. The molecule has 0 radical (unpaired) electrons. The molecule has 0 spiro atoms. The number of nitrogens with zero attached hydrogens (tertiary/aromatic N) is 2. The molecule has 1 N–H and O–H groups in total. The summed E-state index contributed by atoms with van der Waals surface area (Å²) in [5.74, 6) is -2.12. The second kappa shape index (κ2) is 6.13. The molecule has 4 nitrogen and oxygen atoms in total. The van der Waals surface area contributed by atoms with Crippen molar-refractivity contribution in [1.82, 2.24) is 15.3 Å². The molecule has 0 fully saturated rings. The predicted octanol–water partition coefficient (Wildman–Crippen LogP) is 3.44. The molecule has 0 aliphatic carbocycles. The standard InChI is InChI=1S/C15H17F2N3O/c1-15(2,3)20-8-10-7-19-13(9-18-10)21-12-6-4-5-11(16)14(12)17/h4-7,9,20H,8H2,1-3H3. The van der Waals surface area contributed by atoms with E-state index in [1.54, 1.807) is 0 Å². The van der Waals surface area contributed by atoms with Gasteiger partial charge in [-0.25, -0.2) is 9.37 Å². The molecule has 0 bridgehead atoms. The average molecular weight is 293 g/mol. The van der Waals surface area contributed by atoms with Crippen molar-refractivity contribution in [2.75, 3.05) is 0 Å². The van der Waals surface area contributed by atoms with Gasteiger partial charge in [0.2, 0.25) is 11.7 Å². The van der Waals surface area contributed by atoms with Gasteiger partial charge in [-0.1, -0.05) is 6.07 Å². The summed E-state index contributed by atoms with van der Waals surface area (Å²) in [4.78, 5) is 8.20. The number of hydrogen-bond acceptors (Lipinski definition) is 4. The average Bonchev–Trinajstić information content (AvgIpc) is 2.42. The minimum absolute atomic E-state index is 0.0262. The second-order valence-electron chi connectivity index (χ2n) is 5.60. The third-order valence-corrected chi connectivity index (χ3v) is 2.61. The first-order valence-corrected chi connectivity index (χ1v) is 6.53. The molecule has 1 aromatic heterocycles. The lowest BCUT2D eigenvalue weighted by atomic mass is 10.1. The molecule has 2 rings (SSSR count). The number of nitrogens with one attached hydrogen (secondary N) is 1. The molecule has 0 amide bonds. The van der Waals surface area contributed by atoms with Gasteiger partial charge in [-0.15, -0.1) is 0 Å². The van der Waals surface area contributed by atoms with Crippen LogP contribution in [0.25, 0.3) is 0 Å². The number of benzene rings is 1. The Kier molecular flexibility index (Phi) is 4.47. The van der Waals surface area contributed by atoms with Crippen molar-refractivity contribution in [3.8, 4) is 11.6 Å². The van der Waals surface area contributed by atoms with Crippen LogP contribution in [-0.4, -0.2) is 15.5 Å². The fourth-order valence-electron chi connectivity index (χ4n) is 1.52. The van der Waals surface area contributed by atoms with Crippen LogP contribution in [0.1, 0.15) is 26.5 Å². The van der Waals surface area contributed by atoms with Crippen LogP contribution in [0.15, 0.2) is 30.6 Å². The first-order chi connectivity index (χ1) is 9.85. The van der Waals surface area contributed by atoms with Crippen molar-refractivity contribution in [3.05, 3.63) is 47.9 Å². The van der Waals surface area contributed by atoms with Crippen LogP contribution < -0.4 is 10.1 Å². The summed E-state index contributed by atoms with van der Waals surface area (Å²) in [6.07, 6.45) is 2.91. The Hall–Kier alpha value is -2.08. The highest BCUT2D eigenvalue weighted by molar-refractivity contribution is 5.28. The summed E-state index contributed by atoms with van der Waals surface area (Å²) in [5.41, 5.74) is 0.707. The number of halogens is 2. The molecule has 0 atom stereocenters. The molecule has 0 aliphatic heterocycles. The zero-order chi connectivity index (χ0) is 15.5. The van der Waals surface area contributed by atoms with Crippen LogP contribution >= 0.6 is 0 Å². The lowest BCUT2D eigenvalue weighted by molar-refractivity contribution is 0.401. The van der Waals surface area contributed by atoms with E-state index in [0.717, 1.165) is 11.8 Å². The van der Waals surface area contributed by atoms with Gasteiger partial charge in [0.15, 0.2) is 11.6 Å². The Morgan fingerprint density at radius 2 is 1.90 bits per heavy atom. The summed E-state index contributed by atoms with van der Waals surface area (Å²) in [7, 11) is 0. The van der Waals surface area contributed by atoms with Gasteiger partial charge in [0.25, 0.3) is 0 Å². The van der Waals surface area contributed by atoms with Gasteiger partial charge >= 0.3 is 0 Å². The van der Waals surface area contributed by atoms with E-state index in [-0.39, 0.29) is 17.2 Å². The van der Waals surface area contributed by atoms with Crippen LogP contribution in [0.5, 0.6) is 11.6 Å². The summed E-state index contributed by atoms with van der Waals surface area (Å²) in [5, 5.41) is 3.27. The SMILES string of the molecule is CC(C)(C)NCc1cnc(Oc2cccc(F)c2F)cn1. The van der Waals surface area contributed by atoms with Crippen molar-refractivity contribution in [3.63, 3.8) is 0 Å². The number of hydrogen-bond donors (Lipinski definition) is 1. The van der Waals surface area contributed by atoms with Crippen LogP contribution in [0.4, 0.5) is 8.78 Å². The van der Waals surface area contributed by atoms with E-state index in [4.69, 9.17) is 4.74 Å². The normalized spacial score (nSPS) is 11.5. The largest absolute Gasteiger partial charge is 0.434 e. The lowest BCUT2D eigenvalue weighted by Gasteiger charge is -2.19. The van der Waals surface area contributed by atoms with Crippen molar-refractivity contribution in [2.45, 2.75) is 32.9 Å². The summed E-state index contributed by atoms with van der Waals surface area (Å²) >= 11 is 0. The Morgan fingerprint density at radius 3 is 2.52 bits per heavy atom. The zero-order valence-electron chi connectivity index (χ0n) is 12.2. The van der Waals surface area contributed by atoms with E-state index in [1.165, 1.54) is 24.5 Å². The van der Waals surface area contributed by atoms with Crippen molar-refractivity contribution >= 4 is 0 Å². The molecule has 0 unspecified atom stereocenters. The van der Waals surface area contributed by atoms with Crippen LogP contribution in [-0.2, 0) is 6.54 Å². The zero-order valence-corrected chi connectivity index (χ0v) is 12.2. The first kappa shape index (κ1) is 15.3. The van der Waals surface area contributed by atoms with E-state index in [1.807, 2.05) is 20.8 Å². The Labute approximate surface area is 122 Å². The second-order valence-corrected chi connectivity index (χ2v) is 5.60. The third-order valence-electron chi connectivity index (χ3n) is 2.61. The molecule has 6 heteroatoms. The van der Waals surface area contributed by atoms with Crippen molar-refractivity contribution in [1.29, 1.82) is 0 Å². The highest BCUT2D eigenvalue weighted by atomic mass is 19.2. The molecule has 2 aromatic rings. The van der Waals surface area contributed by atoms with E-state index in [2.05, 4.69) is 15.3 Å². The van der Waals surface area contributed by atoms with Crippen LogP contribution in [0.3, 0.4) is 0 Å². The molecule has 0 saturated carbocycles. The Morgan fingerprint density at radius 1 is 1.14 bits per heavy atom. The molecule has 0 saturated heterocycles. The molecule has 1 heterocycles. The maximum Gasteiger partial charge on any atom is 0.237 e. The van der Waals surface area contributed by atoms with Gasteiger partial charge in [0, 0.05) is 12.1 Å². The van der Waals surface area contributed by atoms with E-state index >= 15 is 0 Å².